The topological polar surface area (TPSA) is 74.0 Å². The molecule has 0 spiro atoms. The number of carbonyl (C=O) groups excluding carboxylic acids is 1. The van der Waals surface area contributed by atoms with Gasteiger partial charge in [0.1, 0.15) is 11.4 Å². The number of rotatable bonds is 5. The quantitative estimate of drug-likeness (QED) is 0.774. The Labute approximate surface area is 166 Å². The molecule has 0 saturated heterocycles. The summed E-state index contributed by atoms with van der Waals surface area (Å²) in [6, 6.07) is 5.72. The summed E-state index contributed by atoms with van der Waals surface area (Å²) >= 11 is 0. The fourth-order valence-corrected chi connectivity index (χ4v) is 3.42. The highest BCUT2D eigenvalue weighted by molar-refractivity contribution is 5.91. The first kappa shape index (κ1) is 20.1. The number of allylic oxidation sites excluding steroid dienone is 2. The lowest BCUT2D eigenvalue weighted by atomic mass is 10.1. The summed E-state index contributed by atoms with van der Waals surface area (Å²) in [6.45, 7) is 5.90. The van der Waals surface area contributed by atoms with Crippen molar-refractivity contribution in [3.63, 3.8) is 0 Å². The predicted molar refractivity (Wildman–Crippen MR) is 109 cm³/mol. The molecule has 1 aromatic carbocycles. The lowest BCUT2D eigenvalue weighted by Crippen LogP contribution is -2.35. The van der Waals surface area contributed by atoms with Crippen molar-refractivity contribution in [3.05, 3.63) is 41.7 Å². The molecule has 6 nitrogen and oxygen atoms in total. The van der Waals surface area contributed by atoms with Crippen molar-refractivity contribution >= 4 is 11.7 Å². The highest BCUT2D eigenvalue weighted by Gasteiger charge is 2.25. The Morgan fingerprint density at radius 3 is 2.50 bits per heavy atom. The Kier molecular flexibility index (Phi) is 5.87. The number of hydrogen-bond donors (Lipinski definition) is 1. The molecule has 1 aromatic rings. The van der Waals surface area contributed by atoms with Crippen molar-refractivity contribution in [1.82, 2.24) is 0 Å². The Bertz CT molecular complexity index is 786. The molecule has 1 fully saturated rings. The van der Waals surface area contributed by atoms with Gasteiger partial charge in [0.15, 0.2) is 11.5 Å². The zero-order chi connectivity index (χ0) is 20.3. The Balaban J connectivity index is 1.81. The zero-order valence-corrected chi connectivity index (χ0v) is 17.2. The van der Waals surface area contributed by atoms with Crippen LogP contribution in [0.2, 0.25) is 0 Å². The van der Waals surface area contributed by atoms with E-state index in [1.54, 1.807) is 19.3 Å². The van der Waals surface area contributed by atoms with Crippen molar-refractivity contribution in [2.45, 2.75) is 58.2 Å². The van der Waals surface area contributed by atoms with Crippen LogP contribution in [0.15, 0.2) is 41.7 Å². The normalized spacial score (nSPS) is 17.8. The summed E-state index contributed by atoms with van der Waals surface area (Å²) in [5.41, 5.74) is 7.06. The van der Waals surface area contributed by atoms with E-state index in [2.05, 4.69) is 0 Å². The van der Waals surface area contributed by atoms with Gasteiger partial charge in [-0.3, -0.25) is 0 Å². The van der Waals surface area contributed by atoms with Crippen LogP contribution in [-0.4, -0.2) is 31.3 Å². The van der Waals surface area contributed by atoms with E-state index in [0.717, 1.165) is 18.5 Å². The maximum atomic E-state index is 12.5. The van der Waals surface area contributed by atoms with Crippen LogP contribution in [0.1, 0.15) is 46.5 Å². The molecule has 0 bridgehead atoms. The summed E-state index contributed by atoms with van der Waals surface area (Å²) in [4.78, 5) is 14.3. The minimum atomic E-state index is -0.544. The molecule has 28 heavy (non-hydrogen) atoms. The minimum Gasteiger partial charge on any atom is -0.493 e. The molecule has 0 radical (unpaired) electrons. The number of esters is 1. The number of methoxy groups -OCH3 is 1. The molecule has 0 unspecified atom stereocenters. The fourth-order valence-electron chi connectivity index (χ4n) is 3.42. The molecule has 6 heteroatoms. The molecule has 1 heterocycles. The summed E-state index contributed by atoms with van der Waals surface area (Å²) in [5, 5.41) is 0. The van der Waals surface area contributed by atoms with Crippen molar-refractivity contribution in [3.8, 4) is 11.5 Å². The van der Waals surface area contributed by atoms with E-state index in [0.29, 0.717) is 29.4 Å². The fraction of sp³-hybridized carbons (Fsp3) is 0.500. The number of ether oxygens (including phenoxy) is 3. The molecule has 1 aliphatic heterocycles. The van der Waals surface area contributed by atoms with Crippen LogP contribution < -0.4 is 20.1 Å². The summed E-state index contributed by atoms with van der Waals surface area (Å²) in [5.74, 6) is 1.62. The molecule has 1 saturated carbocycles. The largest absolute Gasteiger partial charge is 0.493 e. The van der Waals surface area contributed by atoms with E-state index in [-0.39, 0.29) is 12.1 Å². The Morgan fingerprint density at radius 1 is 1.14 bits per heavy atom. The van der Waals surface area contributed by atoms with Gasteiger partial charge in [0.25, 0.3) is 0 Å². The van der Waals surface area contributed by atoms with E-state index in [9.17, 15) is 4.79 Å². The number of benzene rings is 1. The maximum absolute atomic E-state index is 12.5. The second-order valence-corrected chi connectivity index (χ2v) is 8.23. The van der Waals surface area contributed by atoms with Crippen molar-refractivity contribution in [2.75, 3.05) is 18.6 Å². The van der Waals surface area contributed by atoms with E-state index >= 15 is 0 Å². The van der Waals surface area contributed by atoms with Crippen LogP contribution in [-0.2, 0) is 9.53 Å². The van der Waals surface area contributed by atoms with Crippen LogP contribution >= 0.6 is 0 Å². The smallest absolute Gasteiger partial charge is 0.336 e. The maximum Gasteiger partial charge on any atom is 0.336 e. The SMILES string of the molecule is COc1ccc(N2CC(C(=O)OC(C)(C)C)=CC=C2N)cc1OC1CCCC1. The van der Waals surface area contributed by atoms with Gasteiger partial charge in [-0.15, -0.1) is 0 Å². The lowest BCUT2D eigenvalue weighted by molar-refractivity contribution is -0.149. The van der Waals surface area contributed by atoms with Crippen molar-refractivity contribution < 1.29 is 19.0 Å². The number of anilines is 1. The third-order valence-electron chi connectivity index (χ3n) is 4.81. The van der Waals surface area contributed by atoms with E-state index in [4.69, 9.17) is 19.9 Å². The second kappa shape index (κ2) is 8.17. The average molecular weight is 386 g/mol. The third-order valence-corrected chi connectivity index (χ3v) is 4.81. The van der Waals surface area contributed by atoms with Crippen LogP contribution in [0, 0.1) is 0 Å². The first-order valence-corrected chi connectivity index (χ1v) is 9.79. The molecular weight excluding hydrogens is 356 g/mol. The van der Waals surface area contributed by atoms with Crippen LogP contribution in [0.5, 0.6) is 11.5 Å². The lowest BCUT2D eigenvalue weighted by Gasteiger charge is -2.30. The molecule has 3 rings (SSSR count). The van der Waals surface area contributed by atoms with Gasteiger partial charge in [-0.25, -0.2) is 4.79 Å². The molecule has 0 aromatic heterocycles. The van der Waals surface area contributed by atoms with Gasteiger partial charge in [0.2, 0.25) is 0 Å². The van der Waals surface area contributed by atoms with E-state index in [1.165, 1.54) is 12.8 Å². The predicted octanol–water partition coefficient (Wildman–Crippen LogP) is 3.90. The van der Waals surface area contributed by atoms with Gasteiger partial charge in [-0.2, -0.15) is 0 Å². The average Bonchev–Trinajstić information content (AvgIpc) is 3.13. The standard InChI is InChI=1S/C22H30N2O4/c1-22(2,3)28-21(25)15-9-12-20(23)24(14-15)16-10-11-18(26-4)19(13-16)27-17-7-5-6-8-17/h9-13,17H,5-8,14,23H2,1-4H3. The van der Waals surface area contributed by atoms with Crippen molar-refractivity contribution in [2.24, 2.45) is 5.73 Å². The highest BCUT2D eigenvalue weighted by Crippen LogP contribution is 2.36. The number of nitrogens with two attached hydrogens (primary N) is 1. The first-order valence-electron chi connectivity index (χ1n) is 9.79. The Morgan fingerprint density at radius 2 is 1.86 bits per heavy atom. The van der Waals surface area contributed by atoms with Gasteiger partial charge in [0, 0.05) is 11.8 Å². The summed E-state index contributed by atoms with van der Waals surface area (Å²) in [6.07, 6.45) is 8.17. The molecule has 2 aliphatic rings. The summed E-state index contributed by atoms with van der Waals surface area (Å²) in [7, 11) is 1.63. The van der Waals surface area contributed by atoms with Gasteiger partial charge >= 0.3 is 5.97 Å². The van der Waals surface area contributed by atoms with Gasteiger partial charge in [-0.05, 0) is 70.7 Å². The zero-order valence-electron chi connectivity index (χ0n) is 17.2. The second-order valence-electron chi connectivity index (χ2n) is 8.23. The summed E-state index contributed by atoms with van der Waals surface area (Å²) < 4.78 is 17.1. The van der Waals surface area contributed by atoms with Crippen LogP contribution in [0.25, 0.3) is 0 Å². The highest BCUT2D eigenvalue weighted by atomic mass is 16.6. The van der Waals surface area contributed by atoms with E-state index in [1.807, 2.05) is 43.9 Å². The Hall–Kier alpha value is -2.63. The van der Waals surface area contributed by atoms with Gasteiger partial charge < -0.3 is 24.8 Å². The molecule has 2 N–H and O–H groups in total. The van der Waals surface area contributed by atoms with Gasteiger partial charge in [0.05, 0.1) is 25.3 Å². The molecule has 152 valence electrons. The monoisotopic (exact) mass is 386 g/mol. The number of nitrogens with zero attached hydrogens (tertiary/aromatic N) is 1. The minimum absolute atomic E-state index is 0.218. The van der Waals surface area contributed by atoms with Gasteiger partial charge in [-0.1, -0.05) is 0 Å². The van der Waals surface area contributed by atoms with Crippen LogP contribution in [0.3, 0.4) is 0 Å². The molecular formula is C22H30N2O4. The third kappa shape index (κ3) is 4.80. The number of carbonyl (C=O) groups is 1. The van der Waals surface area contributed by atoms with Crippen molar-refractivity contribution in [1.29, 1.82) is 0 Å². The van der Waals surface area contributed by atoms with Crippen LogP contribution in [0.4, 0.5) is 5.69 Å². The molecule has 0 amide bonds. The number of hydrogen-bond acceptors (Lipinski definition) is 6. The molecule has 0 atom stereocenters. The van der Waals surface area contributed by atoms with E-state index < -0.39 is 5.60 Å². The molecule has 1 aliphatic carbocycles. The first-order chi connectivity index (χ1) is 13.3.